The Hall–Kier alpha value is -2.83. The Morgan fingerprint density at radius 1 is 1.03 bits per heavy atom. The summed E-state index contributed by atoms with van der Waals surface area (Å²) >= 11 is 12.3. The number of ketones is 1. The average molecular weight is 434 g/mol. The molecule has 1 amide bonds. The number of halogens is 2. The van der Waals surface area contributed by atoms with Gasteiger partial charge in [0.05, 0.1) is 11.6 Å². The lowest BCUT2D eigenvalue weighted by Gasteiger charge is -2.26. The minimum absolute atomic E-state index is 0.0199. The van der Waals surface area contributed by atoms with Crippen LogP contribution in [0.3, 0.4) is 0 Å². The van der Waals surface area contributed by atoms with Crippen LogP contribution in [0.15, 0.2) is 54.1 Å². The number of hydrogen-bond acceptors (Lipinski definition) is 4. The summed E-state index contributed by atoms with van der Waals surface area (Å²) in [5, 5.41) is 20.3. The fraction of sp³-hybridized carbons (Fsp3) is 0.190. The summed E-state index contributed by atoms with van der Waals surface area (Å²) in [7, 11) is 0. The van der Waals surface area contributed by atoms with E-state index in [0.717, 1.165) is 0 Å². The quantitative estimate of drug-likeness (QED) is 0.402. The van der Waals surface area contributed by atoms with E-state index >= 15 is 0 Å². The van der Waals surface area contributed by atoms with E-state index in [1.54, 1.807) is 42.5 Å². The fourth-order valence-corrected chi connectivity index (χ4v) is 3.82. The number of carboxylic acid groups (broad SMARTS) is 1. The van der Waals surface area contributed by atoms with Crippen molar-refractivity contribution in [2.45, 2.75) is 18.9 Å². The summed E-state index contributed by atoms with van der Waals surface area (Å²) in [4.78, 5) is 37.6. The molecule has 1 heterocycles. The minimum Gasteiger partial charge on any atom is -0.507 e. The third-order valence-electron chi connectivity index (χ3n) is 4.63. The van der Waals surface area contributed by atoms with E-state index in [9.17, 15) is 19.5 Å². The Kier molecular flexibility index (Phi) is 6.25. The lowest BCUT2D eigenvalue weighted by molar-refractivity contribution is -0.140. The fourth-order valence-electron chi connectivity index (χ4n) is 3.31. The normalized spacial score (nSPS) is 18.3. The third-order valence-corrected chi connectivity index (χ3v) is 5.20. The summed E-state index contributed by atoms with van der Waals surface area (Å²) in [6.45, 7) is 0.0199. The number of carbonyl (C=O) groups excluding carboxylic acids is 2. The van der Waals surface area contributed by atoms with Crippen LogP contribution in [-0.4, -0.2) is 39.3 Å². The SMILES string of the molecule is O=C(O)CCCN1C(=O)C(=O)C(=C(O)c2ccccc2)[C@H]1c1ccc(Cl)cc1Cl. The Morgan fingerprint density at radius 3 is 2.34 bits per heavy atom. The minimum atomic E-state index is -1.01. The molecular formula is C21H17Cl2NO5. The van der Waals surface area contributed by atoms with Crippen molar-refractivity contribution in [2.24, 2.45) is 0 Å². The maximum absolute atomic E-state index is 12.8. The number of likely N-dealkylation sites (tertiary alicyclic amines) is 1. The highest BCUT2D eigenvalue weighted by molar-refractivity contribution is 6.47. The lowest BCUT2D eigenvalue weighted by Crippen LogP contribution is -2.31. The number of aliphatic hydroxyl groups excluding tert-OH is 1. The molecule has 1 aliphatic rings. The largest absolute Gasteiger partial charge is 0.507 e. The standard InChI is InChI=1S/C21H17Cl2NO5/c22-13-8-9-14(15(23)11-13)18-17(19(27)12-5-2-1-3-6-12)20(28)21(29)24(18)10-4-7-16(25)26/h1-3,5-6,8-9,11,18,27H,4,7,10H2,(H,25,26)/t18-/m1/s1. The number of rotatable bonds is 6. The highest BCUT2D eigenvalue weighted by Gasteiger charge is 2.46. The van der Waals surface area contributed by atoms with Crippen molar-refractivity contribution in [1.82, 2.24) is 4.90 Å². The van der Waals surface area contributed by atoms with Crippen LogP contribution < -0.4 is 0 Å². The molecule has 0 aromatic heterocycles. The molecule has 1 saturated heterocycles. The second kappa shape index (κ2) is 8.68. The average Bonchev–Trinajstić information content (AvgIpc) is 2.93. The van der Waals surface area contributed by atoms with E-state index in [2.05, 4.69) is 0 Å². The molecule has 3 rings (SSSR count). The molecule has 2 N–H and O–H groups in total. The molecule has 0 bridgehead atoms. The van der Waals surface area contributed by atoms with Crippen LogP contribution in [0.5, 0.6) is 0 Å². The number of benzene rings is 2. The van der Waals surface area contributed by atoms with Gasteiger partial charge in [-0.15, -0.1) is 0 Å². The van der Waals surface area contributed by atoms with Crippen LogP contribution in [0.4, 0.5) is 0 Å². The number of Topliss-reactive ketones (excluding diaryl/α,β-unsaturated/α-hetero) is 1. The Morgan fingerprint density at radius 2 is 1.72 bits per heavy atom. The van der Waals surface area contributed by atoms with Crippen molar-refractivity contribution in [1.29, 1.82) is 0 Å². The molecule has 0 spiro atoms. The molecule has 0 unspecified atom stereocenters. The predicted molar refractivity (Wildman–Crippen MR) is 109 cm³/mol. The Bertz CT molecular complexity index is 1000. The second-order valence-electron chi connectivity index (χ2n) is 6.52. The molecule has 1 aliphatic heterocycles. The zero-order valence-corrected chi connectivity index (χ0v) is 16.7. The number of nitrogens with zero attached hydrogens (tertiary/aromatic N) is 1. The number of carboxylic acids is 1. The first-order chi connectivity index (χ1) is 13.8. The van der Waals surface area contributed by atoms with E-state index in [1.807, 2.05) is 0 Å². The van der Waals surface area contributed by atoms with Gasteiger partial charge in [0, 0.05) is 28.6 Å². The van der Waals surface area contributed by atoms with Crippen LogP contribution in [0.2, 0.25) is 10.0 Å². The molecule has 150 valence electrons. The van der Waals surface area contributed by atoms with Gasteiger partial charge < -0.3 is 15.1 Å². The van der Waals surface area contributed by atoms with Gasteiger partial charge in [-0.2, -0.15) is 0 Å². The molecule has 2 aromatic rings. The van der Waals surface area contributed by atoms with Crippen molar-refractivity contribution >= 4 is 46.6 Å². The monoisotopic (exact) mass is 433 g/mol. The van der Waals surface area contributed by atoms with Crippen LogP contribution in [0, 0.1) is 0 Å². The zero-order valence-electron chi connectivity index (χ0n) is 15.1. The molecule has 0 radical (unpaired) electrons. The van der Waals surface area contributed by atoms with Gasteiger partial charge >= 0.3 is 5.97 Å². The van der Waals surface area contributed by atoms with Gasteiger partial charge in [-0.05, 0) is 24.1 Å². The van der Waals surface area contributed by atoms with Crippen LogP contribution in [0.1, 0.15) is 30.0 Å². The van der Waals surface area contributed by atoms with Gasteiger partial charge in [-0.25, -0.2) is 0 Å². The van der Waals surface area contributed by atoms with E-state index in [0.29, 0.717) is 16.1 Å². The summed E-state index contributed by atoms with van der Waals surface area (Å²) in [6, 6.07) is 12.1. The van der Waals surface area contributed by atoms with Gasteiger partial charge in [-0.1, -0.05) is 59.6 Å². The van der Waals surface area contributed by atoms with Crippen LogP contribution in [0.25, 0.3) is 5.76 Å². The number of carbonyl (C=O) groups is 3. The summed E-state index contributed by atoms with van der Waals surface area (Å²) in [5.74, 6) is -2.99. The van der Waals surface area contributed by atoms with Gasteiger partial charge in [0.15, 0.2) is 0 Å². The Labute approximate surface area is 177 Å². The molecule has 8 heteroatoms. The summed E-state index contributed by atoms with van der Waals surface area (Å²) in [6.07, 6.45) is -0.0157. The van der Waals surface area contributed by atoms with Gasteiger partial charge in [0.2, 0.25) is 0 Å². The first kappa shape index (κ1) is 20.9. The lowest BCUT2D eigenvalue weighted by atomic mass is 9.95. The van der Waals surface area contributed by atoms with E-state index in [4.69, 9.17) is 28.3 Å². The topological polar surface area (TPSA) is 94.9 Å². The number of aliphatic carboxylic acids is 1. The smallest absolute Gasteiger partial charge is 0.303 e. The van der Waals surface area contributed by atoms with Gasteiger partial charge in [-0.3, -0.25) is 14.4 Å². The van der Waals surface area contributed by atoms with Crippen molar-refractivity contribution in [2.75, 3.05) is 6.54 Å². The molecular weight excluding hydrogens is 417 g/mol. The Balaban J connectivity index is 2.13. The van der Waals surface area contributed by atoms with E-state index in [-0.39, 0.29) is 35.7 Å². The maximum atomic E-state index is 12.8. The third kappa shape index (κ3) is 4.28. The van der Waals surface area contributed by atoms with Crippen molar-refractivity contribution in [3.63, 3.8) is 0 Å². The van der Waals surface area contributed by atoms with Crippen molar-refractivity contribution < 1.29 is 24.6 Å². The first-order valence-electron chi connectivity index (χ1n) is 8.82. The van der Waals surface area contributed by atoms with Crippen molar-refractivity contribution in [3.8, 4) is 0 Å². The molecule has 0 aliphatic carbocycles. The molecule has 0 saturated carbocycles. The summed E-state index contributed by atoms with van der Waals surface area (Å²) < 4.78 is 0. The molecule has 6 nitrogen and oxygen atoms in total. The van der Waals surface area contributed by atoms with Gasteiger partial charge in [0.25, 0.3) is 11.7 Å². The van der Waals surface area contributed by atoms with Crippen LogP contribution >= 0.6 is 23.2 Å². The first-order valence-corrected chi connectivity index (χ1v) is 9.57. The molecule has 2 aromatic carbocycles. The maximum Gasteiger partial charge on any atom is 0.303 e. The van der Waals surface area contributed by atoms with Crippen LogP contribution in [-0.2, 0) is 14.4 Å². The highest BCUT2D eigenvalue weighted by atomic mass is 35.5. The molecule has 1 atom stereocenters. The van der Waals surface area contributed by atoms with E-state index in [1.165, 1.54) is 11.0 Å². The zero-order chi connectivity index (χ0) is 21.1. The summed E-state index contributed by atoms with van der Waals surface area (Å²) in [5.41, 5.74) is 0.704. The number of hydrogen-bond donors (Lipinski definition) is 2. The van der Waals surface area contributed by atoms with Crippen molar-refractivity contribution in [3.05, 3.63) is 75.3 Å². The predicted octanol–water partition coefficient (Wildman–Crippen LogP) is 4.28. The number of aliphatic hydroxyl groups is 1. The molecule has 1 fully saturated rings. The highest BCUT2D eigenvalue weighted by Crippen LogP contribution is 2.42. The molecule has 29 heavy (non-hydrogen) atoms. The van der Waals surface area contributed by atoms with Gasteiger partial charge in [0.1, 0.15) is 5.76 Å². The number of amides is 1. The second-order valence-corrected chi connectivity index (χ2v) is 7.37. The van der Waals surface area contributed by atoms with E-state index < -0.39 is 23.7 Å².